The van der Waals surface area contributed by atoms with Crippen molar-refractivity contribution in [1.82, 2.24) is 0 Å². The first-order valence-electron chi connectivity index (χ1n) is 6.74. The van der Waals surface area contributed by atoms with Gasteiger partial charge in [0.05, 0.1) is 12.2 Å². The van der Waals surface area contributed by atoms with Gasteiger partial charge >= 0.3 is 11.9 Å². The molecule has 0 saturated heterocycles. The van der Waals surface area contributed by atoms with E-state index in [2.05, 4.69) is 10.2 Å². The van der Waals surface area contributed by atoms with Crippen LogP contribution in [-0.2, 0) is 19.1 Å². The Balaban J connectivity index is 4.90. The van der Waals surface area contributed by atoms with E-state index in [1.165, 1.54) is 0 Å². The summed E-state index contributed by atoms with van der Waals surface area (Å²) >= 11 is 0. The molecular formula is C14H26N2O4. The predicted molar refractivity (Wildman–Crippen MR) is 75.5 cm³/mol. The number of hydrogen-bond acceptors (Lipinski definition) is 6. The summed E-state index contributed by atoms with van der Waals surface area (Å²) in [5.41, 5.74) is -2.28. The van der Waals surface area contributed by atoms with Crippen molar-refractivity contribution in [2.24, 2.45) is 10.2 Å². The summed E-state index contributed by atoms with van der Waals surface area (Å²) in [6.45, 7) is 13.4. The van der Waals surface area contributed by atoms with E-state index in [-0.39, 0.29) is 12.2 Å². The predicted octanol–water partition coefficient (Wildman–Crippen LogP) is 2.90. The Morgan fingerprint density at radius 2 is 1.00 bits per heavy atom. The van der Waals surface area contributed by atoms with Gasteiger partial charge < -0.3 is 9.47 Å². The average molecular weight is 286 g/mol. The van der Waals surface area contributed by atoms with Crippen LogP contribution < -0.4 is 0 Å². The Morgan fingerprint density at radius 1 is 0.750 bits per heavy atom. The van der Waals surface area contributed by atoms with Crippen LogP contribution in [0.2, 0.25) is 0 Å². The van der Waals surface area contributed by atoms with E-state index in [0.717, 1.165) is 0 Å². The maximum atomic E-state index is 11.8. The molecule has 0 rings (SSSR count). The second kappa shape index (κ2) is 6.81. The maximum absolute atomic E-state index is 11.8. The molecule has 0 spiro atoms. The fraction of sp³-hybridized carbons (Fsp3) is 0.857. The third-order valence-corrected chi connectivity index (χ3v) is 2.23. The van der Waals surface area contributed by atoms with Gasteiger partial charge in [-0.3, -0.25) is 0 Å². The number of ether oxygens (including phenoxy) is 2. The normalized spacial score (nSPS) is 13.1. The largest absolute Gasteiger partial charge is 0.461 e. The molecule has 116 valence electrons. The van der Waals surface area contributed by atoms with Crippen LogP contribution in [0.15, 0.2) is 10.2 Å². The lowest BCUT2D eigenvalue weighted by atomic mass is 10.1. The molecule has 0 atom stereocenters. The highest BCUT2D eigenvalue weighted by Crippen LogP contribution is 2.19. The number of nitrogens with zero attached hydrogens (tertiary/aromatic N) is 2. The van der Waals surface area contributed by atoms with Crippen LogP contribution in [0.5, 0.6) is 0 Å². The average Bonchev–Trinajstić information content (AvgIpc) is 2.24. The molecule has 0 bridgehead atoms. The molecule has 0 aromatic rings. The summed E-state index contributed by atoms with van der Waals surface area (Å²) in [5.74, 6) is -0.964. The second-order valence-corrected chi connectivity index (χ2v) is 6.23. The molecule has 0 unspecified atom stereocenters. The standard InChI is InChI=1S/C14H26N2O4/c1-9(2)19-11(17)13(5,6)15-16-14(7,8)12(18)20-10(3)4/h9-10H,1-8H3/b16-15+. The number of rotatable bonds is 6. The van der Waals surface area contributed by atoms with Gasteiger partial charge in [-0.15, -0.1) is 0 Å². The minimum absolute atomic E-state index is 0.226. The zero-order valence-electron chi connectivity index (χ0n) is 13.7. The zero-order chi connectivity index (χ0) is 16.1. The Morgan fingerprint density at radius 3 is 1.20 bits per heavy atom. The number of carbonyl (C=O) groups is 2. The van der Waals surface area contributed by atoms with Crippen LogP contribution in [0.25, 0.3) is 0 Å². The van der Waals surface area contributed by atoms with Crippen molar-refractivity contribution in [3.63, 3.8) is 0 Å². The van der Waals surface area contributed by atoms with Crippen molar-refractivity contribution in [1.29, 1.82) is 0 Å². The number of esters is 2. The van der Waals surface area contributed by atoms with Crippen LogP contribution in [0.4, 0.5) is 0 Å². The second-order valence-electron chi connectivity index (χ2n) is 6.23. The van der Waals surface area contributed by atoms with Gasteiger partial charge in [0.2, 0.25) is 0 Å². The molecule has 0 amide bonds. The molecule has 0 aromatic heterocycles. The number of carbonyl (C=O) groups excluding carboxylic acids is 2. The molecule has 0 heterocycles. The Bertz CT molecular complexity index is 349. The fourth-order valence-corrected chi connectivity index (χ4v) is 1.05. The Hall–Kier alpha value is -1.46. The van der Waals surface area contributed by atoms with Crippen LogP contribution in [-0.4, -0.2) is 35.2 Å². The maximum Gasteiger partial charge on any atom is 0.335 e. The summed E-state index contributed by atoms with van der Waals surface area (Å²) in [4.78, 5) is 23.7. The first-order chi connectivity index (χ1) is 8.88. The van der Waals surface area contributed by atoms with Crippen LogP contribution in [0.1, 0.15) is 55.4 Å². The lowest BCUT2D eigenvalue weighted by Crippen LogP contribution is -2.36. The molecule has 0 radical (unpaired) electrons. The topological polar surface area (TPSA) is 77.3 Å². The molecule has 20 heavy (non-hydrogen) atoms. The first-order valence-corrected chi connectivity index (χ1v) is 6.74. The first kappa shape index (κ1) is 18.5. The molecule has 0 saturated carbocycles. The highest BCUT2D eigenvalue weighted by molar-refractivity contribution is 5.81. The Labute approximate surface area is 120 Å². The number of azo groups is 1. The molecule has 6 heteroatoms. The van der Waals surface area contributed by atoms with Crippen LogP contribution in [0, 0.1) is 0 Å². The highest BCUT2D eigenvalue weighted by atomic mass is 16.5. The van der Waals surface area contributed by atoms with E-state index >= 15 is 0 Å². The zero-order valence-corrected chi connectivity index (χ0v) is 13.7. The van der Waals surface area contributed by atoms with E-state index in [9.17, 15) is 9.59 Å². The quantitative estimate of drug-likeness (QED) is 0.555. The molecular weight excluding hydrogens is 260 g/mol. The van der Waals surface area contributed by atoms with E-state index in [0.29, 0.717) is 0 Å². The monoisotopic (exact) mass is 286 g/mol. The van der Waals surface area contributed by atoms with Gasteiger partial charge in [0.1, 0.15) is 0 Å². The van der Waals surface area contributed by atoms with Gasteiger partial charge in [0.15, 0.2) is 11.1 Å². The smallest absolute Gasteiger partial charge is 0.335 e. The van der Waals surface area contributed by atoms with Gasteiger partial charge in [-0.05, 0) is 55.4 Å². The third kappa shape index (κ3) is 6.12. The van der Waals surface area contributed by atoms with E-state index < -0.39 is 23.0 Å². The summed E-state index contributed by atoms with van der Waals surface area (Å²) < 4.78 is 10.2. The van der Waals surface area contributed by atoms with Gasteiger partial charge in [-0.1, -0.05) is 0 Å². The van der Waals surface area contributed by atoms with Crippen molar-refractivity contribution >= 4 is 11.9 Å². The summed E-state index contributed by atoms with van der Waals surface area (Å²) in [7, 11) is 0. The van der Waals surface area contributed by atoms with Gasteiger partial charge in [-0.25, -0.2) is 9.59 Å². The lowest BCUT2D eigenvalue weighted by Gasteiger charge is -2.22. The fourth-order valence-electron chi connectivity index (χ4n) is 1.05. The molecule has 0 aliphatic rings. The summed E-state index contributed by atoms with van der Waals surface area (Å²) in [6.07, 6.45) is -0.452. The van der Waals surface area contributed by atoms with Crippen LogP contribution >= 0.6 is 0 Å². The minimum Gasteiger partial charge on any atom is -0.461 e. The Kier molecular flexibility index (Phi) is 6.32. The van der Waals surface area contributed by atoms with Crippen molar-refractivity contribution in [3.05, 3.63) is 0 Å². The van der Waals surface area contributed by atoms with Crippen molar-refractivity contribution in [3.8, 4) is 0 Å². The van der Waals surface area contributed by atoms with E-state index in [4.69, 9.17) is 9.47 Å². The van der Waals surface area contributed by atoms with Crippen molar-refractivity contribution < 1.29 is 19.1 Å². The van der Waals surface area contributed by atoms with Gasteiger partial charge in [0.25, 0.3) is 0 Å². The molecule has 0 fully saturated rings. The molecule has 0 aliphatic heterocycles. The van der Waals surface area contributed by atoms with Crippen molar-refractivity contribution in [2.45, 2.75) is 78.7 Å². The molecule has 0 aliphatic carbocycles. The third-order valence-electron chi connectivity index (χ3n) is 2.23. The minimum atomic E-state index is -1.14. The molecule has 0 N–H and O–H groups in total. The summed E-state index contributed by atoms with van der Waals surface area (Å²) in [5, 5.41) is 7.92. The van der Waals surface area contributed by atoms with Crippen LogP contribution in [0.3, 0.4) is 0 Å². The summed E-state index contributed by atoms with van der Waals surface area (Å²) in [6, 6.07) is 0. The van der Waals surface area contributed by atoms with Gasteiger partial charge in [0, 0.05) is 0 Å². The molecule has 6 nitrogen and oxygen atoms in total. The molecule has 0 aromatic carbocycles. The van der Waals surface area contributed by atoms with Crippen molar-refractivity contribution in [2.75, 3.05) is 0 Å². The lowest BCUT2D eigenvalue weighted by molar-refractivity contribution is -0.155. The number of hydrogen-bond donors (Lipinski definition) is 0. The van der Waals surface area contributed by atoms with E-state index in [1.54, 1.807) is 55.4 Å². The SMILES string of the molecule is CC(C)OC(=O)C(C)(C)/N=N/C(C)(C)C(=O)OC(C)C. The van der Waals surface area contributed by atoms with E-state index in [1.807, 2.05) is 0 Å². The highest BCUT2D eigenvalue weighted by Gasteiger charge is 2.34. The van der Waals surface area contributed by atoms with Gasteiger partial charge in [-0.2, -0.15) is 10.2 Å².